The number of nitrogens with zero attached hydrogens (tertiary/aromatic N) is 1. The van der Waals surface area contributed by atoms with Gasteiger partial charge in [0.05, 0.1) is 11.3 Å². The van der Waals surface area contributed by atoms with Crippen molar-refractivity contribution in [3.8, 4) is 0 Å². The second kappa shape index (κ2) is 7.27. The molecule has 1 aliphatic rings. The minimum atomic E-state index is -3.35. The SMILES string of the molecule is CS(=O)(=O)c1ccccc1CC(=O)Nc1ccc(N2CCCC2)cc1. The monoisotopic (exact) mass is 358 g/mol. The van der Waals surface area contributed by atoms with Crippen LogP contribution in [0.15, 0.2) is 53.4 Å². The highest BCUT2D eigenvalue weighted by Crippen LogP contribution is 2.22. The molecule has 0 radical (unpaired) electrons. The summed E-state index contributed by atoms with van der Waals surface area (Å²) in [5.74, 6) is -0.231. The Hall–Kier alpha value is -2.34. The number of anilines is 2. The number of carbonyl (C=O) groups is 1. The van der Waals surface area contributed by atoms with Crippen LogP contribution < -0.4 is 10.2 Å². The van der Waals surface area contributed by atoms with Gasteiger partial charge in [-0.1, -0.05) is 18.2 Å². The van der Waals surface area contributed by atoms with Crippen molar-refractivity contribution in [1.82, 2.24) is 0 Å². The predicted octanol–water partition coefficient (Wildman–Crippen LogP) is 2.87. The van der Waals surface area contributed by atoms with Crippen molar-refractivity contribution in [2.75, 3.05) is 29.6 Å². The van der Waals surface area contributed by atoms with Crippen LogP contribution in [0, 0.1) is 0 Å². The summed E-state index contributed by atoms with van der Waals surface area (Å²) in [6, 6.07) is 14.4. The van der Waals surface area contributed by atoms with E-state index in [-0.39, 0.29) is 17.2 Å². The molecule has 1 aliphatic heterocycles. The average Bonchev–Trinajstić information content (AvgIpc) is 3.09. The first kappa shape index (κ1) is 17.5. The Bertz CT molecular complexity index is 854. The molecule has 132 valence electrons. The standard InChI is InChI=1S/C19H22N2O3S/c1-25(23,24)18-7-3-2-6-15(18)14-19(22)20-16-8-10-17(11-9-16)21-12-4-5-13-21/h2-3,6-11H,4-5,12-14H2,1H3,(H,20,22). The molecule has 2 aromatic carbocycles. The molecule has 1 saturated heterocycles. The molecule has 1 heterocycles. The van der Waals surface area contributed by atoms with Crippen LogP contribution in [0.1, 0.15) is 18.4 Å². The first-order chi connectivity index (χ1) is 11.9. The first-order valence-corrected chi connectivity index (χ1v) is 10.3. The zero-order chi connectivity index (χ0) is 17.9. The molecule has 0 spiro atoms. The summed E-state index contributed by atoms with van der Waals surface area (Å²) in [6.45, 7) is 2.15. The molecule has 0 atom stereocenters. The molecule has 1 N–H and O–H groups in total. The molecule has 1 amide bonds. The minimum absolute atomic E-state index is 0.0249. The van der Waals surface area contributed by atoms with E-state index in [1.165, 1.54) is 18.9 Å². The number of amides is 1. The normalized spacial score (nSPS) is 14.5. The van der Waals surface area contributed by atoms with Crippen LogP contribution in [0.4, 0.5) is 11.4 Å². The molecule has 25 heavy (non-hydrogen) atoms. The Morgan fingerprint density at radius 3 is 2.32 bits per heavy atom. The molecule has 0 saturated carbocycles. The second-order valence-corrected chi connectivity index (χ2v) is 8.33. The second-order valence-electron chi connectivity index (χ2n) is 6.35. The molecule has 6 heteroatoms. The summed E-state index contributed by atoms with van der Waals surface area (Å²) in [4.78, 5) is 14.8. The van der Waals surface area contributed by atoms with Gasteiger partial charge in [0.2, 0.25) is 5.91 Å². The van der Waals surface area contributed by atoms with Gasteiger partial charge in [-0.2, -0.15) is 0 Å². The Balaban J connectivity index is 1.67. The number of hydrogen-bond acceptors (Lipinski definition) is 4. The third-order valence-electron chi connectivity index (χ3n) is 4.35. The Morgan fingerprint density at radius 2 is 1.68 bits per heavy atom. The quantitative estimate of drug-likeness (QED) is 0.892. The highest BCUT2D eigenvalue weighted by molar-refractivity contribution is 7.90. The number of sulfone groups is 1. The number of nitrogens with one attached hydrogen (secondary N) is 1. The van der Waals surface area contributed by atoms with Gasteiger partial charge < -0.3 is 10.2 Å². The molecule has 1 fully saturated rings. The molecule has 0 aliphatic carbocycles. The van der Waals surface area contributed by atoms with E-state index in [2.05, 4.69) is 10.2 Å². The van der Waals surface area contributed by atoms with Gasteiger partial charge in [-0.05, 0) is 48.7 Å². The van der Waals surface area contributed by atoms with E-state index in [4.69, 9.17) is 0 Å². The van der Waals surface area contributed by atoms with Crippen LogP contribution in [0.25, 0.3) is 0 Å². The van der Waals surface area contributed by atoms with Crippen molar-refractivity contribution in [2.24, 2.45) is 0 Å². The highest BCUT2D eigenvalue weighted by Gasteiger charge is 2.15. The summed E-state index contributed by atoms with van der Waals surface area (Å²) in [7, 11) is -3.35. The van der Waals surface area contributed by atoms with Crippen molar-refractivity contribution < 1.29 is 13.2 Å². The van der Waals surface area contributed by atoms with Crippen LogP contribution in [-0.2, 0) is 21.1 Å². The molecular weight excluding hydrogens is 336 g/mol. The van der Waals surface area contributed by atoms with Crippen molar-refractivity contribution in [3.63, 3.8) is 0 Å². The molecule has 0 aromatic heterocycles. The first-order valence-electron chi connectivity index (χ1n) is 8.36. The topological polar surface area (TPSA) is 66.5 Å². The summed E-state index contributed by atoms with van der Waals surface area (Å²) in [5.41, 5.74) is 2.39. The maximum Gasteiger partial charge on any atom is 0.228 e. The number of benzene rings is 2. The van der Waals surface area contributed by atoms with Crippen LogP contribution in [0.2, 0.25) is 0 Å². The summed E-state index contributed by atoms with van der Waals surface area (Å²) in [6.07, 6.45) is 3.62. The van der Waals surface area contributed by atoms with Gasteiger partial charge in [0.15, 0.2) is 9.84 Å². The lowest BCUT2D eigenvalue weighted by Gasteiger charge is -2.17. The van der Waals surface area contributed by atoms with E-state index >= 15 is 0 Å². The van der Waals surface area contributed by atoms with E-state index < -0.39 is 9.84 Å². The van der Waals surface area contributed by atoms with E-state index in [0.717, 1.165) is 25.0 Å². The van der Waals surface area contributed by atoms with Gasteiger partial charge in [-0.3, -0.25) is 4.79 Å². The third kappa shape index (κ3) is 4.39. The Labute approximate surface area is 148 Å². The average molecular weight is 358 g/mol. The molecule has 0 unspecified atom stereocenters. The molecule has 3 rings (SSSR count). The highest BCUT2D eigenvalue weighted by atomic mass is 32.2. The fourth-order valence-corrected chi connectivity index (χ4v) is 4.06. The van der Waals surface area contributed by atoms with E-state index in [9.17, 15) is 13.2 Å². The lowest BCUT2D eigenvalue weighted by molar-refractivity contribution is -0.115. The van der Waals surface area contributed by atoms with Gasteiger partial charge in [0, 0.05) is 30.7 Å². The van der Waals surface area contributed by atoms with Gasteiger partial charge in [0.25, 0.3) is 0 Å². The third-order valence-corrected chi connectivity index (χ3v) is 5.54. The largest absolute Gasteiger partial charge is 0.372 e. The van der Waals surface area contributed by atoms with Crippen molar-refractivity contribution in [3.05, 3.63) is 54.1 Å². The number of carbonyl (C=O) groups excluding carboxylic acids is 1. The van der Waals surface area contributed by atoms with E-state index in [1.54, 1.807) is 18.2 Å². The van der Waals surface area contributed by atoms with Gasteiger partial charge in [-0.25, -0.2) is 8.42 Å². The fourth-order valence-electron chi connectivity index (χ4n) is 3.12. The zero-order valence-electron chi connectivity index (χ0n) is 14.2. The number of rotatable bonds is 5. The summed E-state index contributed by atoms with van der Waals surface area (Å²) < 4.78 is 23.6. The van der Waals surface area contributed by atoms with Gasteiger partial charge >= 0.3 is 0 Å². The number of hydrogen-bond donors (Lipinski definition) is 1. The van der Waals surface area contributed by atoms with E-state index in [0.29, 0.717) is 11.3 Å². The lowest BCUT2D eigenvalue weighted by Crippen LogP contribution is -2.18. The van der Waals surface area contributed by atoms with Crippen LogP contribution in [0.3, 0.4) is 0 Å². The molecule has 2 aromatic rings. The van der Waals surface area contributed by atoms with Crippen molar-refractivity contribution in [1.29, 1.82) is 0 Å². The van der Waals surface area contributed by atoms with Crippen LogP contribution >= 0.6 is 0 Å². The Morgan fingerprint density at radius 1 is 1.04 bits per heavy atom. The fraction of sp³-hybridized carbons (Fsp3) is 0.316. The predicted molar refractivity (Wildman–Crippen MR) is 99.8 cm³/mol. The van der Waals surface area contributed by atoms with Crippen molar-refractivity contribution >= 4 is 27.1 Å². The van der Waals surface area contributed by atoms with Gasteiger partial charge in [0.1, 0.15) is 0 Å². The smallest absolute Gasteiger partial charge is 0.228 e. The minimum Gasteiger partial charge on any atom is -0.372 e. The van der Waals surface area contributed by atoms with Crippen LogP contribution in [0.5, 0.6) is 0 Å². The maximum atomic E-state index is 12.3. The molecule has 0 bridgehead atoms. The molecule has 5 nitrogen and oxygen atoms in total. The van der Waals surface area contributed by atoms with E-state index in [1.807, 2.05) is 24.3 Å². The summed E-state index contributed by atoms with van der Waals surface area (Å²) in [5, 5.41) is 2.83. The Kier molecular flexibility index (Phi) is 5.08. The zero-order valence-corrected chi connectivity index (χ0v) is 15.1. The lowest BCUT2D eigenvalue weighted by atomic mass is 10.1. The van der Waals surface area contributed by atoms with Gasteiger partial charge in [-0.15, -0.1) is 0 Å². The molecular formula is C19H22N2O3S. The summed E-state index contributed by atoms with van der Waals surface area (Å²) >= 11 is 0. The maximum absolute atomic E-state index is 12.3. The van der Waals surface area contributed by atoms with Crippen LogP contribution in [-0.4, -0.2) is 33.7 Å². The van der Waals surface area contributed by atoms with Crippen molar-refractivity contribution in [2.45, 2.75) is 24.2 Å².